The van der Waals surface area contributed by atoms with Gasteiger partial charge in [-0.1, -0.05) is 0 Å². The molecule has 94 valence electrons. The molecule has 18 heavy (non-hydrogen) atoms. The zero-order valence-corrected chi connectivity index (χ0v) is 9.33. The molecule has 0 saturated heterocycles. The maximum absolute atomic E-state index is 13.4. The van der Waals surface area contributed by atoms with Crippen molar-refractivity contribution >= 4 is 5.69 Å². The number of nitrogens with one attached hydrogen (secondary N) is 1. The topological polar surface area (TPSA) is 81.0 Å². The van der Waals surface area contributed by atoms with Crippen LogP contribution in [0.25, 0.3) is 0 Å². The van der Waals surface area contributed by atoms with Crippen LogP contribution < -0.4 is 16.0 Å². The SMILES string of the molecule is Cc1nc(Oc2cc(F)c(N)cc2F)cc(=O)[nH]1. The van der Waals surface area contributed by atoms with Gasteiger partial charge in [0.15, 0.2) is 11.6 Å². The molecule has 3 N–H and O–H groups in total. The Morgan fingerprint density at radius 1 is 1.28 bits per heavy atom. The minimum atomic E-state index is -0.839. The number of aromatic amines is 1. The average molecular weight is 253 g/mol. The van der Waals surface area contributed by atoms with Crippen molar-refractivity contribution in [2.24, 2.45) is 0 Å². The summed E-state index contributed by atoms with van der Waals surface area (Å²) in [6, 6.07) is 2.62. The third-order valence-electron chi connectivity index (χ3n) is 2.10. The Morgan fingerprint density at radius 2 is 2.00 bits per heavy atom. The van der Waals surface area contributed by atoms with Crippen molar-refractivity contribution in [3.63, 3.8) is 0 Å². The van der Waals surface area contributed by atoms with Crippen LogP contribution in [0, 0.1) is 18.6 Å². The fourth-order valence-corrected chi connectivity index (χ4v) is 1.34. The summed E-state index contributed by atoms with van der Waals surface area (Å²) in [5, 5.41) is 0. The third kappa shape index (κ3) is 2.45. The Hall–Kier alpha value is -2.44. The van der Waals surface area contributed by atoms with Crippen LogP contribution in [0.1, 0.15) is 5.82 Å². The van der Waals surface area contributed by atoms with Crippen LogP contribution >= 0.6 is 0 Å². The molecule has 0 unspecified atom stereocenters. The number of ether oxygens (including phenoxy) is 1. The highest BCUT2D eigenvalue weighted by Gasteiger charge is 2.11. The van der Waals surface area contributed by atoms with E-state index in [1.165, 1.54) is 6.92 Å². The quantitative estimate of drug-likeness (QED) is 0.798. The molecule has 1 aromatic carbocycles. The largest absolute Gasteiger partial charge is 0.436 e. The number of nitrogens with zero attached hydrogens (tertiary/aromatic N) is 1. The van der Waals surface area contributed by atoms with Crippen molar-refractivity contribution in [1.82, 2.24) is 9.97 Å². The molecule has 2 rings (SSSR count). The van der Waals surface area contributed by atoms with Gasteiger partial charge in [0.25, 0.3) is 5.56 Å². The first-order valence-corrected chi connectivity index (χ1v) is 4.96. The second kappa shape index (κ2) is 4.44. The van der Waals surface area contributed by atoms with Gasteiger partial charge in [-0.15, -0.1) is 0 Å². The molecule has 0 aliphatic heterocycles. The minimum Gasteiger partial charge on any atom is -0.436 e. The summed E-state index contributed by atoms with van der Waals surface area (Å²) >= 11 is 0. The first kappa shape index (κ1) is 12.0. The molecular weight excluding hydrogens is 244 g/mol. The second-order valence-corrected chi connectivity index (χ2v) is 3.58. The van der Waals surface area contributed by atoms with E-state index in [0.29, 0.717) is 5.82 Å². The zero-order valence-electron chi connectivity index (χ0n) is 9.33. The minimum absolute atomic E-state index is 0.126. The molecule has 0 bridgehead atoms. The van der Waals surface area contributed by atoms with Crippen molar-refractivity contribution in [2.75, 3.05) is 5.73 Å². The number of rotatable bonds is 2. The maximum Gasteiger partial charge on any atom is 0.254 e. The monoisotopic (exact) mass is 253 g/mol. The zero-order chi connectivity index (χ0) is 13.3. The first-order chi connectivity index (χ1) is 8.45. The molecule has 0 aliphatic carbocycles. The third-order valence-corrected chi connectivity index (χ3v) is 2.10. The van der Waals surface area contributed by atoms with E-state index < -0.39 is 17.2 Å². The fourth-order valence-electron chi connectivity index (χ4n) is 1.34. The van der Waals surface area contributed by atoms with E-state index in [1.807, 2.05) is 0 Å². The van der Waals surface area contributed by atoms with Gasteiger partial charge in [0.05, 0.1) is 11.8 Å². The molecule has 0 saturated carbocycles. The second-order valence-electron chi connectivity index (χ2n) is 3.58. The molecular formula is C11H9F2N3O2. The molecule has 2 aromatic rings. The van der Waals surface area contributed by atoms with E-state index in [9.17, 15) is 13.6 Å². The summed E-state index contributed by atoms with van der Waals surface area (Å²) in [7, 11) is 0. The predicted octanol–water partition coefficient (Wildman–Crippen LogP) is 1.73. The van der Waals surface area contributed by atoms with Crippen molar-refractivity contribution < 1.29 is 13.5 Å². The van der Waals surface area contributed by atoms with Crippen LogP contribution in [-0.4, -0.2) is 9.97 Å². The molecule has 0 atom stereocenters. The lowest BCUT2D eigenvalue weighted by Gasteiger charge is -2.07. The van der Waals surface area contributed by atoms with E-state index in [2.05, 4.69) is 9.97 Å². The number of nitrogen functional groups attached to an aromatic ring is 1. The summed E-state index contributed by atoms with van der Waals surface area (Å²) in [6.45, 7) is 1.54. The number of hydrogen-bond acceptors (Lipinski definition) is 4. The van der Waals surface area contributed by atoms with Gasteiger partial charge in [-0.25, -0.2) is 13.8 Å². The van der Waals surface area contributed by atoms with E-state index >= 15 is 0 Å². The Morgan fingerprint density at radius 3 is 2.67 bits per heavy atom. The van der Waals surface area contributed by atoms with Gasteiger partial charge in [-0.3, -0.25) is 4.79 Å². The predicted molar refractivity (Wildman–Crippen MR) is 60.4 cm³/mol. The molecule has 0 aliphatic rings. The summed E-state index contributed by atoms with van der Waals surface area (Å²) in [5.74, 6) is -1.87. The smallest absolute Gasteiger partial charge is 0.254 e. The summed E-state index contributed by atoms with van der Waals surface area (Å²) in [4.78, 5) is 17.4. The Bertz CT molecular complexity index is 655. The number of nitrogens with two attached hydrogens (primary N) is 1. The lowest BCUT2D eigenvalue weighted by Crippen LogP contribution is -2.08. The van der Waals surface area contributed by atoms with E-state index in [0.717, 1.165) is 18.2 Å². The number of H-pyrrole nitrogens is 1. The molecule has 0 radical (unpaired) electrons. The van der Waals surface area contributed by atoms with E-state index in [-0.39, 0.29) is 17.3 Å². The molecule has 1 aromatic heterocycles. The van der Waals surface area contributed by atoms with Crippen LogP contribution in [-0.2, 0) is 0 Å². The van der Waals surface area contributed by atoms with E-state index in [1.54, 1.807) is 0 Å². The first-order valence-electron chi connectivity index (χ1n) is 4.96. The highest BCUT2D eigenvalue weighted by Crippen LogP contribution is 2.26. The highest BCUT2D eigenvalue weighted by atomic mass is 19.1. The number of anilines is 1. The maximum atomic E-state index is 13.4. The normalized spacial score (nSPS) is 10.4. The van der Waals surface area contributed by atoms with Gasteiger partial charge in [-0.2, -0.15) is 0 Å². The highest BCUT2D eigenvalue weighted by molar-refractivity contribution is 5.45. The van der Waals surface area contributed by atoms with Gasteiger partial charge in [-0.05, 0) is 6.92 Å². The number of halogens is 2. The average Bonchev–Trinajstić information content (AvgIpc) is 2.24. The van der Waals surface area contributed by atoms with Gasteiger partial charge >= 0.3 is 0 Å². The van der Waals surface area contributed by atoms with Crippen molar-refractivity contribution in [2.45, 2.75) is 6.92 Å². The number of hydrogen-bond donors (Lipinski definition) is 2. The van der Waals surface area contributed by atoms with E-state index in [4.69, 9.17) is 10.5 Å². The molecule has 0 fully saturated rings. The van der Waals surface area contributed by atoms with Crippen LogP contribution in [0.5, 0.6) is 11.6 Å². The van der Waals surface area contributed by atoms with Crippen molar-refractivity contribution in [1.29, 1.82) is 0 Å². The Balaban J connectivity index is 2.39. The van der Waals surface area contributed by atoms with Crippen LogP contribution in [0.3, 0.4) is 0 Å². The number of benzene rings is 1. The fraction of sp³-hybridized carbons (Fsp3) is 0.0909. The summed E-state index contributed by atoms with van der Waals surface area (Å²) in [6.07, 6.45) is 0. The standard InChI is InChI=1S/C11H9F2N3O2/c1-5-15-10(17)4-11(16-5)18-9-3-6(12)8(14)2-7(9)13/h2-4H,14H2,1H3,(H,15,16,17). The molecule has 5 nitrogen and oxygen atoms in total. The van der Waals surface area contributed by atoms with Crippen LogP contribution in [0.15, 0.2) is 23.0 Å². The Kier molecular flexibility index (Phi) is 2.97. The van der Waals surface area contributed by atoms with Crippen molar-refractivity contribution in [3.05, 3.63) is 46.0 Å². The van der Waals surface area contributed by atoms with Gasteiger partial charge in [0.2, 0.25) is 5.88 Å². The molecule has 1 heterocycles. The number of aromatic nitrogens is 2. The molecule has 0 spiro atoms. The summed E-state index contributed by atoms with van der Waals surface area (Å²) < 4.78 is 31.6. The van der Waals surface area contributed by atoms with Crippen LogP contribution in [0.4, 0.5) is 14.5 Å². The lowest BCUT2D eigenvalue weighted by molar-refractivity contribution is 0.420. The van der Waals surface area contributed by atoms with Gasteiger partial charge in [0.1, 0.15) is 11.6 Å². The summed E-state index contributed by atoms with van der Waals surface area (Å²) in [5.41, 5.74) is 4.42. The van der Waals surface area contributed by atoms with Crippen LogP contribution in [0.2, 0.25) is 0 Å². The molecule has 0 amide bonds. The molecule has 7 heteroatoms. The number of aryl methyl sites for hydroxylation is 1. The van der Waals surface area contributed by atoms with Crippen molar-refractivity contribution in [3.8, 4) is 11.6 Å². The van der Waals surface area contributed by atoms with Gasteiger partial charge in [0, 0.05) is 12.1 Å². The van der Waals surface area contributed by atoms with Gasteiger partial charge < -0.3 is 15.5 Å². The Labute approximate surface area is 100 Å². The lowest BCUT2D eigenvalue weighted by atomic mass is 10.3.